The molecular formula is C12H20Cl3N3O2. The molecule has 1 aromatic rings. The Balaban J connectivity index is 0. The summed E-state index contributed by atoms with van der Waals surface area (Å²) in [6.45, 7) is 4.59. The van der Waals surface area contributed by atoms with Crippen molar-refractivity contribution < 1.29 is 9.90 Å². The van der Waals surface area contributed by atoms with Crippen LogP contribution in [0.3, 0.4) is 0 Å². The molecule has 5 nitrogen and oxygen atoms in total. The Kier molecular flexibility index (Phi) is 12.1. The predicted octanol–water partition coefficient (Wildman–Crippen LogP) is 1.55. The van der Waals surface area contributed by atoms with Gasteiger partial charge in [0.2, 0.25) is 0 Å². The van der Waals surface area contributed by atoms with Crippen LogP contribution in [0.2, 0.25) is 0 Å². The molecule has 0 saturated carbocycles. The number of hydrogen-bond donors (Lipinski definition) is 1. The summed E-state index contributed by atoms with van der Waals surface area (Å²) in [6.07, 6.45) is 3.60. The van der Waals surface area contributed by atoms with E-state index in [0.717, 1.165) is 32.7 Å². The number of carbonyl (C=O) groups is 1. The molecule has 1 saturated heterocycles. The van der Waals surface area contributed by atoms with E-state index in [4.69, 9.17) is 5.11 Å². The van der Waals surface area contributed by atoms with Gasteiger partial charge in [-0.2, -0.15) is 0 Å². The Bertz CT molecular complexity index is 373. The Morgan fingerprint density at radius 1 is 1.05 bits per heavy atom. The molecule has 0 spiro atoms. The van der Waals surface area contributed by atoms with Crippen molar-refractivity contribution in [2.24, 2.45) is 0 Å². The normalized spacial score (nSPS) is 15.4. The predicted molar refractivity (Wildman–Crippen MR) is 85.3 cm³/mol. The molecule has 1 aromatic heterocycles. The lowest BCUT2D eigenvalue weighted by atomic mass is 10.2. The van der Waals surface area contributed by atoms with E-state index in [1.54, 1.807) is 12.4 Å². The van der Waals surface area contributed by atoms with E-state index in [1.165, 1.54) is 5.56 Å². The standard InChI is InChI=1S/C12H17N3O2.3ClH/c16-12(17)10-15-7-5-14(6-8-15)9-11-1-3-13-4-2-11;;;/h1-4H,5-10H2,(H,16,17);3*1H. The average molecular weight is 345 g/mol. The van der Waals surface area contributed by atoms with Crippen LogP contribution < -0.4 is 0 Å². The molecule has 0 radical (unpaired) electrons. The van der Waals surface area contributed by atoms with Crippen LogP contribution in [0.4, 0.5) is 0 Å². The van der Waals surface area contributed by atoms with Gasteiger partial charge in [0.15, 0.2) is 0 Å². The highest BCUT2D eigenvalue weighted by atomic mass is 35.5. The minimum Gasteiger partial charge on any atom is -0.480 e. The molecule has 2 rings (SSSR count). The third kappa shape index (κ3) is 7.26. The molecule has 0 unspecified atom stereocenters. The summed E-state index contributed by atoms with van der Waals surface area (Å²) in [7, 11) is 0. The van der Waals surface area contributed by atoms with Crippen molar-refractivity contribution in [1.82, 2.24) is 14.8 Å². The number of piperazine rings is 1. The number of aromatic nitrogens is 1. The molecule has 1 N–H and O–H groups in total. The maximum Gasteiger partial charge on any atom is 0.317 e. The fourth-order valence-electron chi connectivity index (χ4n) is 2.04. The van der Waals surface area contributed by atoms with Gasteiger partial charge in [0, 0.05) is 45.1 Å². The Morgan fingerprint density at radius 3 is 2.05 bits per heavy atom. The van der Waals surface area contributed by atoms with Crippen LogP contribution in [-0.4, -0.2) is 58.6 Å². The van der Waals surface area contributed by atoms with Gasteiger partial charge in [0.25, 0.3) is 0 Å². The molecule has 0 amide bonds. The SMILES string of the molecule is Cl.Cl.Cl.O=C(O)CN1CCN(Cc2ccncc2)CC1. The molecule has 1 aliphatic rings. The lowest BCUT2D eigenvalue weighted by molar-refractivity contribution is -0.138. The van der Waals surface area contributed by atoms with Gasteiger partial charge in [-0.3, -0.25) is 19.6 Å². The number of halogens is 3. The number of carboxylic acids is 1. The number of carboxylic acid groups (broad SMARTS) is 1. The summed E-state index contributed by atoms with van der Waals surface area (Å²) in [4.78, 5) is 18.9. The van der Waals surface area contributed by atoms with Gasteiger partial charge >= 0.3 is 5.97 Å². The summed E-state index contributed by atoms with van der Waals surface area (Å²) in [6, 6.07) is 4.03. The van der Waals surface area contributed by atoms with Crippen molar-refractivity contribution in [3.63, 3.8) is 0 Å². The van der Waals surface area contributed by atoms with Gasteiger partial charge in [0.05, 0.1) is 6.54 Å². The van der Waals surface area contributed by atoms with Gasteiger partial charge in [-0.15, -0.1) is 37.2 Å². The van der Waals surface area contributed by atoms with Crippen LogP contribution in [0.5, 0.6) is 0 Å². The highest BCUT2D eigenvalue weighted by molar-refractivity contribution is 5.86. The van der Waals surface area contributed by atoms with E-state index >= 15 is 0 Å². The highest BCUT2D eigenvalue weighted by Crippen LogP contribution is 2.07. The van der Waals surface area contributed by atoms with Crippen molar-refractivity contribution in [1.29, 1.82) is 0 Å². The lowest BCUT2D eigenvalue weighted by Crippen LogP contribution is -2.47. The molecule has 20 heavy (non-hydrogen) atoms. The average Bonchev–Trinajstić information content (AvgIpc) is 2.32. The first-order valence-corrected chi connectivity index (χ1v) is 5.79. The Morgan fingerprint density at radius 2 is 1.55 bits per heavy atom. The van der Waals surface area contributed by atoms with E-state index in [0.29, 0.717) is 0 Å². The first-order valence-electron chi connectivity index (χ1n) is 5.79. The van der Waals surface area contributed by atoms with Crippen molar-refractivity contribution in [2.75, 3.05) is 32.7 Å². The van der Waals surface area contributed by atoms with E-state index in [-0.39, 0.29) is 43.8 Å². The number of rotatable bonds is 4. The maximum absolute atomic E-state index is 10.6. The molecule has 116 valence electrons. The van der Waals surface area contributed by atoms with E-state index in [1.807, 2.05) is 17.0 Å². The number of nitrogens with zero attached hydrogens (tertiary/aromatic N) is 3. The highest BCUT2D eigenvalue weighted by Gasteiger charge is 2.18. The third-order valence-electron chi connectivity index (χ3n) is 2.98. The molecule has 0 aliphatic carbocycles. The van der Waals surface area contributed by atoms with Gasteiger partial charge in [-0.1, -0.05) is 0 Å². The molecular weight excluding hydrogens is 325 g/mol. The van der Waals surface area contributed by atoms with Crippen LogP contribution in [0, 0.1) is 0 Å². The molecule has 0 aromatic carbocycles. The lowest BCUT2D eigenvalue weighted by Gasteiger charge is -2.33. The number of hydrogen-bond acceptors (Lipinski definition) is 4. The van der Waals surface area contributed by atoms with Crippen molar-refractivity contribution >= 4 is 43.2 Å². The van der Waals surface area contributed by atoms with Gasteiger partial charge in [-0.25, -0.2) is 0 Å². The molecule has 1 aliphatic heterocycles. The number of aliphatic carboxylic acids is 1. The zero-order chi connectivity index (χ0) is 12.1. The topological polar surface area (TPSA) is 56.7 Å². The van der Waals surface area contributed by atoms with Crippen LogP contribution in [0.25, 0.3) is 0 Å². The monoisotopic (exact) mass is 343 g/mol. The summed E-state index contributed by atoms with van der Waals surface area (Å²) in [5, 5.41) is 8.70. The Labute approximate surface area is 137 Å². The first-order chi connectivity index (χ1) is 8.24. The summed E-state index contributed by atoms with van der Waals surface area (Å²) >= 11 is 0. The van der Waals surface area contributed by atoms with Crippen LogP contribution in [0.1, 0.15) is 5.56 Å². The second-order valence-corrected chi connectivity index (χ2v) is 4.30. The molecule has 2 heterocycles. The van der Waals surface area contributed by atoms with Crippen molar-refractivity contribution in [2.45, 2.75) is 6.54 Å². The van der Waals surface area contributed by atoms with Gasteiger partial charge in [0.1, 0.15) is 0 Å². The molecule has 1 fully saturated rings. The molecule has 8 heteroatoms. The van der Waals surface area contributed by atoms with Crippen LogP contribution in [0.15, 0.2) is 24.5 Å². The summed E-state index contributed by atoms with van der Waals surface area (Å²) in [5.74, 6) is -0.743. The fraction of sp³-hybridized carbons (Fsp3) is 0.500. The number of pyridine rings is 1. The smallest absolute Gasteiger partial charge is 0.317 e. The van der Waals surface area contributed by atoms with Gasteiger partial charge in [-0.05, 0) is 17.7 Å². The largest absolute Gasteiger partial charge is 0.480 e. The zero-order valence-electron chi connectivity index (χ0n) is 11.0. The van der Waals surface area contributed by atoms with Gasteiger partial charge < -0.3 is 5.11 Å². The van der Waals surface area contributed by atoms with Crippen LogP contribution >= 0.6 is 37.2 Å². The second kappa shape index (κ2) is 11.1. The zero-order valence-corrected chi connectivity index (χ0v) is 13.4. The first kappa shape index (κ1) is 21.7. The van der Waals surface area contributed by atoms with Crippen LogP contribution in [-0.2, 0) is 11.3 Å². The summed E-state index contributed by atoms with van der Waals surface area (Å²) in [5.41, 5.74) is 1.26. The van der Waals surface area contributed by atoms with Crippen molar-refractivity contribution in [3.05, 3.63) is 30.1 Å². The maximum atomic E-state index is 10.6. The quantitative estimate of drug-likeness (QED) is 0.898. The molecule has 0 bridgehead atoms. The fourth-order valence-corrected chi connectivity index (χ4v) is 2.04. The molecule has 0 atom stereocenters. The van der Waals surface area contributed by atoms with E-state index < -0.39 is 5.97 Å². The second-order valence-electron chi connectivity index (χ2n) is 4.30. The minimum absolute atomic E-state index is 0. The summed E-state index contributed by atoms with van der Waals surface area (Å²) < 4.78 is 0. The van der Waals surface area contributed by atoms with E-state index in [9.17, 15) is 4.79 Å². The van der Waals surface area contributed by atoms with E-state index in [2.05, 4.69) is 9.88 Å². The Hall–Kier alpha value is -0.590. The minimum atomic E-state index is -0.743. The van der Waals surface area contributed by atoms with Crippen molar-refractivity contribution in [3.8, 4) is 0 Å². The third-order valence-corrected chi connectivity index (χ3v) is 2.98.